The normalized spacial score (nSPS) is 8.46. The molecule has 0 spiro atoms. The SMILES string of the molecule is C[CH-]C.[Y].[c-]1nc2cccnc2[nH]1. The molecule has 0 fully saturated rings. The summed E-state index contributed by atoms with van der Waals surface area (Å²) in [5.41, 5.74) is 1.65. The number of nitrogens with zero attached hydrogens (tertiary/aromatic N) is 2. The monoisotopic (exact) mass is 250 g/mol. The maximum absolute atomic E-state index is 3.99. The number of hydrogen-bond donors (Lipinski definition) is 1. The fraction of sp³-hybridized carbons (Fsp3) is 0.222. The second-order valence-corrected chi connectivity index (χ2v) is 2.30. The average molecular weight is 250 g/mol. The molecule has 0 unspecified atom stereocenters. The van der Waals surface area contributed by atoms with Crippen LogP contribution in [0, 0.1) is 12.7 Å². The summed E-state index contributed by atoms with van der Waals surface area (Å²) in [6.45, 7) is 4.00. The third kappa shape index (κ3) is 3.96. The van der Waals surface area contributed by atoms with Crippen molar-refractivity contribution in [2.24, 2.45) is 0 Å². The van der Waals surface area contributed by atoms with Crippen molar-refractivity contribution < 1.29 is 32.7 Å². The van der Waals surface area contributed by atoms with Crippen LogP contribution in [0.4, 0.5) is 0 Å². The van der Waals surface area contributed by atoms with E-state index in [9.17, 15) is 0 Å². The fourth-order valence-corrected chi connectivity index (χ4v) is 0.724. The maximum atomic E-state index is 3.99. The summed E-state index contributed by atoms with van der Waals surface area (Å²) in [4.78, 5) is 10.6. The van der Waals surface area contributed by atoms with E-state index >= 15 is 0 Å². The van der Waals surface area contributed by atoms with Crippen LogP contribution in [-0.4, -0.2) is 15.0 Å². The second kappa shape index (κ2) is 7.16. The molecule has 0 aromatic carbocycles. The zero-order valence-electron chi connectivity index (χ0n) is 7.78. The van der Waals surface area contributed by atoms with Gasteiger partial charge in [0.25, 0.3) is 0 Å². The minimum atomic E-state index is 0. The first-order valence-electron chi connectivity index (χ1n) is 3.79. The fourth-order valence-electron chi connectivity index (χ4n) is 0.724. The molecule has 0 saturated carbocycles. The Bertz CT molecular complexity index is 302. The standard InChI is InChI=1S/C6H4N3.C3H7.Y/c1-2-5-6(7-3-1)9-4-8-5;1-3-2;/h1-3H,(H,7,8,9);3H,1-2H3;/q2*-1;. The maximum Gasteiger partial charge on any atom is 0.0120 e. The molecule has 0 bridgehead atoms. The summed E-state index contributed by atoms with van der Waals surface area (Å²) >= 11 is 0. The van der Waals surface area contributed by atoms with Crippen LogP contribution in [0.1, 0.15) is 13.8 Å². The van der Waals surface area contributed by atoms with E-state index in [0.717, 1.165) is 11.2 Å². The number of H-pyrrole nitrogens is 1. The molecule has 1 N–H and O–H groups in total. The van der Waals surface area contributed by atoms with Crippen molar-refractivity contribution in [1.29, 1.82) is 0 Å². The summed E-state index contributed by atoms with van der Waals surface area (Å²) in [6, 6.07) is 3.73. The van der Waals surface area contributed by atoms with Crippen LogP contribution >= 0.6 is 0 Å². The number of pyridine rings is 1. The Kier molecular flexibility index (Phi) is 7.01. The van der Waals surface area contributed by atoms with Crippen LogP contribution < -0.4 is 0 Å². The number of aromatic amines is 1. The van der Waals surface area contributed by atoms with Gasteiger partial charge in [-0.05, 0) is 6.33 Å². The predicted molar refractivity (Wildman–Crippen MR) is 48.4 cm³/mol. The smallest absolute Gasteiger partial charge is 0.0120 e. The Balaban J connectivity index is 0.000000324. The van der Waals surface area contributed by atoms with Gasteiger partial charge in [0.15, 0.2) is 0 Å². The van der Waals surface area contributed by atoms with E-state index in [-0.39, 0.29) is 32.7 Å². The largest absolute Gasteiger partial charge is 0.446 e. The van der Waals surface area contributed by atoms with Gasteiger partial charge in [0.05, 0.1) is 0 Å². The molecule has 3 nitrogen and oxygen atoms in total. The van der Waals surface area contributed by atoms with E-state index in [4.69, 9.17) is 0 Å². The van der Waals surface area contributed by atoms with Gasteiger partial charge in [-0.15, -0.1) is 0 Å². The quantitative estimate of drug-likeness (QED) is 0.726. The van der Waals surface area contributed by atoms with Crippen LogP contribution in [0.15, 0.2) is 18.3 Å². The van der Waals surface area contributed by atoms with Gasteiger partial charge in [0, 0.05) is 44.6 Å². The number of aromatic nitrogens is 3. The molecule has 0 amide bonds. The van der Waals surface area contributed by atoms with Gasteiger partial charge >= 0.3 is 0 Å². The number of imidazole rings is 1. The first-order valence-corrected chi connectivity index (χ1v) is 3.79. The van der Waals surface area contributed by atoms with Crippen molar-refractivity contribution in [3.8, 4) is 0 Å². The average Bonchev–Trinajstić information content (AvgIpc) is 2.52. The molecule has 2 aromatic rings. The van der Waals surface area contributed by atoms with E-state index in [1.54, 1.807) is 6.20 Å². The summed E-state index contributed by atoms with van der Waals surface area (Å²) < 4.78 is 0. The molecule has 2 rings (SSSR count). The van der Waals surface area contributed by atoms with E-state index in [1.165, 1.54) is 0 Å². The first-order chi connectivity index (χ1) is 5.88. The molecule has 0 aliphatic carbocycles. The minimum Gasteiger partial charge on any atom is -0.446 e. The zero-order chi connectivity index (χ0) is 8.81. The summed E-state index contributed by atoms with van der Waals surface area (Å²) in [5.74, 6) is 0. The second-order valence-electron chi connectivity index (χ2n) is 2.30. The molecule has 2 heterocycles. The van der Waals surface area contributed by atoms with Crippen LogP contribution in [0.3, 0.4) is 0 Å². The van der Waals surface area contributed by atoms with Crippen LogP contribution in [0.2, 0.25) is 0 Å². The van der Waals surface area contributed by atoms with Crippen molar-refractivity contribution in [2.75, 3.05) is 0 Å². The number of nitrogens with one attached hydrogen (secondary N) is 1. The third-order valence-corrected chi connectivity index (χ3v) is 1.14. The van der Waals surface area contributed by atoms with Crippen molar-refractivity contribution >= 4 is 11.2 Å². The Labute approximate surface area is 103 Å². The van der Waals surface area contributed by atoms with Crippen molar-refractivity contribution in [2.45, 2.75) is 13.8 Å². The number of hydrogen-bond acceptors (Lipinski definition) is 2. The molecule has 13 heavy (non-hydrogen) atoms. The van der Waals surface area contributed by atoms with Gasteiger partial charge in [-0.2, -0.15) is 13.8 Å². The molecule has 2 aromatic heterocycles. The van der Waals surface area contributed by atoms with Crippen LogP contribution in [0.25, 0.3) is 11.2 Å². The molecule has 0 aliphatic rings. The molecule has 0 saturated heterocycles. The topological polar surface area (TPSA) is 41.6 Å². The minimum absolute atomic E-state index is 0. The van der Waals surface area contributed by atoms with E-state index in [0.29, 0.717) is 0 Å². The third-order valence-electron chi connectivity index (χ3n) is 1.14. The van der Waals surface area contributed by atoms with Gasteiger partial charge in [-0.25, -0.2) is 0 Å². The first kappa shape index (κ1) is 12.7. The molecule has 0 atom stereocenters. The van der Waals surface area contributed by atoms with Crippen LogP contribution in [-0.2, 0) is 32.7 Å². The summed E-state index contributed by atoms with van der Waals surface area (Å²) in [7, 11) is 0. The van der Waals surface area contributed by atoms with Gasteiger partial charge in [-0.1, -0.05) is 17.6 Å². The van der Waals surface area contributed by atoms with Gasteiger partial charge in [0.2, 0.25) is 0 Å². The Morgan fingerprint density at radius 3 is 2.77 bits per heavy atom. The summed E-state index contributed by atoms with van der Waals surface area (Å²) in [5, 5.41) is 0. The molecule has 1 radical (unpaired) electrons. The van der Waals surface area contributed by atoms with Crippen molar-refractivity contribution in [3.05, 3.63) is 31.1 Å². The zero-order valence-corrected chi connectivity index (χ0v) is 10.6. The van der Waals surface area contributed by atoms with Gasteiger partial charge in [-0.3, -0.25) is 0 Å². The Hall–Kier alpha value is -0.276. The van der Waals surface area contributed by atoms with Gasteiger partial charge < -0.3 is 21.4 Å². The number of fused-ring (bicyclic) bond motifs is 1. The van der Waals surface area contributed by atoms with Gasteiger partial charge in [0.1, 0.15) is 0 Å². The van der Waals surface area contributed by atoms with Crippen LogP contribution in [0.5, 0.6) is 0 Å². The predicted octanol–water partition coefficient (Wildman–Crippen LogP) is 1.99. The molecule has 0 aliphatic heterocycles. The molecular weight excluding hydrogens is 239 g/mol. The Morgan fingerprint density at radius 2 is 2.15 bits per heavy atom. The van der Waals surface area contributed by atoms with Crippen molar-refractivity contribution in [1.82, 2.24) is 15.0 Å². The molecular formula is C9H11N3Y-2. The van der Waals surface area contributed by atoms with E-state index in [1.807, 2.05) is 32.4 Å². The van der Waals surface area contributed by atoms with Crippen molar-refractivity contribution in [3.63, 3.8) is 0 Å². The Morgan fingerprint density at radius 1 is 1.46 bits per heavy atom. The van der Waals surface area contributed by atoms with E-state index in [2.05, 4.69) is 21.3 Å². The summed E-state index contributed by atoms with van der Waals surface area (Å²) in [6.07, 6.45) is 6.32. The number of rotatable bonds is 0. The molecule has 4 heteroatoms. The van der Waals surface area contributed by atoms with E-state index < -0.39 is 0 Å². The molecule has 67 valence electrons.